The van der Waals surface area contributed by atoms with Gasteiger partial charge in [-0.05, 0) is 24.6 Å². The molecule has 3 heterocycles. The van der Waals surface area contributed by atoms with Crippen molar-refractivity contribution in [2.24, 2.45) is 5.10 Å². The fraction of sp³-hybridized carbons (Fsp3) is 0.360. The van der Waals surface area contributed by atoms with E-state index in [1.807, 2.05) is 36.4 Å². The molecule has 3 aromatic rings. The lowest BCUT2D eigenvalue weighted by atomic mass is 9.90. The third-order valence-corrected chi connectivity index (χ3v) is 5.38. The first kappa shape index (κ1) is 22.7. The van der Waals surface area contributed by atoms with Crippen LogP contribution in [0.3, 0.4) is 0 Å². The van der Waals surface area contributed by atoms with Crippen LogP contribution in [-0.2, 0) is 10.2 Å². The third-order valence-electron chi connectivity index (χ3n) is 5.38. The van der Waals surface area contributed by atoms with Crippen LogP contribution in [0.25, 0.3) is 0 Å². The lowest BCUT2D eigenvalue weighted by Gasteiger charge is -2.28. The molecule has 0 radical (unpaired) electrons. The van der Waals surface area contributed by atoms with Crippen LogP contribution in [0.15, 0.2) is 59.8 Å². The number of rotatable bonds is 8. The molecular weight excluding hydrogens is 416 g/mol. The van der Waals surface area contributed by atoms with Gasteiger partial charge in [-0.1, -0.05) is 49.7 Å². The second-order valence-corrected chi connectivity index (χ2v) is 8.67. The summed E-state index contributed by atoms with van der Waals surface area (Å²) < 4.78 is 11.5. The SMILES string of the molecule is Cc1cccc(/C=N/Nc2cc(N3CCOCC3)nc(OCC(C)(C)c3ccccn3)n2)c1. The second-order valence-electron chi connectivity index (χ2n) is 8.67. The molecular formula is C25H30N6O2. The van der Waals surface area contributed by atoms with Crippen molar-refractivity contribution in [3.8, 4) is 6.01 Å². The first-order valence-corrected chi connectivity index (χ1v) is 11.1. The summed E-state index contributed by atoms with van der Waals surface area (Å²) in [6.07, 6.45) is 3.56. The number of hydrogen-bond donors (Lipinski definition) is 1. The number of pyridine rings is 1. The molecule has 0 amide bonds. The lowest BCUT2D eigenvalue weighted by molar-refractivity contribution is 0.122. The number of aryl methyl sites for hydroxylation is 1. The molecule has 33 heavy (non-hydrogen) atoms. The van der Waals surface area contributed by atoms with Crippen LogP contribution < -0.4 is 15.1 Å². The number of anilines is 2. The molecule has 1 aromatic carbocycles. The van der Waals surface area contributed by atoms with Crippen molar-refractivity contribution in [1.82, 2.24) is 15.0 Å². The Kier molecular flexibility index (Phi) is 7.14. The third kappa shape index (κ3) is 6.26. The molecule has 0 spiro atoms. The van der Waals surface area contributed by atoms with E-state index >= 15 is 0 Å². The van der Waals surface area contributed by atoms with Gasteiger partial charge in [0.25, 0.3) is 0 Å². The minimum Gasteiger partial charge on any atom is -0.462 e. The van der Waals surface area contributed by atoms with Gasteiger partial charge in [-0.25, -0.2) is 0 Å². The summed E-state index contributed by atoms with van der Waals surface area (Å²) in [5.41, 5.74) is 5.88. The number of benzene rings is 1. The molecule has 1 saturated heterocycles. The van der Waals surface area contributed by atoms with E-state index in [1.54, 1.807) is 12.4 Å². The monoisotopic (exact) mass is 446 g/mol. The molecule has 0 atom stereocenters. The Labute approximate surface area is 194 Å². The number of hydrazone groups is 1. The number of morpholine rings is 1. The van der Waals surface area contributed by atoms with Gasteiger partial charge in [0.15, 0.2) is 5.82 Å². The van der Waals surface area contributed by atoms with Gasteiger partial charge in [0.1, 0.15) is 12.4 Å². The van der Waals surface area contributed by atoms with Crippen LogP contribution in [0, 0.1) is 6.92 Å². The number of ether oxygens (including phenoxy) is 2. The average Bonchev–Trinajstić information content (AvgIpc) is 2.84. The summed E-state index contributed by atoms with van der Waals surface area (Å²) >= 11 is 0. The topological polar surface area (TPSA) is 84.8 Å². The summed E-state index contributed by atoms with van der Waals surface area (Å²) in [6, 6.07) is 16.2. The molecule has 0 bridgehead atoms. The van der Waals surface area contributed by atoms with E-state index in [0.717, 1.165) is 30.2 Å². The normalized spacial score (nSPS) is 14.5. The number of aromatic nitrogens is 3. The van der Waals surface area contributed by atoms with Crippen molar-refractivity contribution < 1.29 is 9.47 Å². The van der Waals surface area contributed by atoms with E-state index in [2.05, 4.69) is 63.3 Å². The highest BCUT2D eigenvalue weighted by molar-refractivity contribution is 5.80. The first-order chi connectivity index (χ1) is 16.0. The van der Waals surface area contributed by atoms with Crippen molar-refractivity contribution in [1.29, 1.82) is 0 Å². The predicted molar refractivity (Wildman–Crippen MR) is 130 cm³/mol. The predicted octanol–water partition coefficient (Wildman–Crippen LogP) is 3.82. The van der Waals surface area contributed by atoms with Crippen LogP contribution >= 0.6 is 0 Å². The minimum atomic E-state index is -0.295. The molecule has 1 aliphatic rings. The van der Waals surface area contributed by atoms with Crippen LogP contribution in [0.4, 0.5) is 11.6 Å². The fourth-order valence-corrected chi connectivity index (χ4v) is 3.49. The summed E-state index contributed by atoms with van der Waals surface area (Å²) in [6.45, 7) is 9.49. The number of hydrogen-bond acceptors (Lipinski definition) is 8. The Morgan fingerprint density at radius 2 is 1.97 bits per heavy atom. The van der Waals surface area contributed by atoms with E-state index in [0.29, 0.717) is 31.6 Å². The van der Waals surface area contributed by atoms with Gasteiger partial charge in [0.2, 0.25) is 0 Å². The van der Waals surface area contributed by atoms with Gasteiger partial charge in [-0.15, -0.1) is 0 Å². The largest absolute Gasteiger partial charge is 0.462 e. The maximum Gasteiger partial charge on any atom is 0.320 e. The fourth-order valence-electron chi connectivity index (χ4n) is 3.49. The summed E-state index contributed by atoms with van der Waals surface area (Å²) in [4.78, 5) is 15.8. The molecule has 8 heteroatoms. The van der Waals surface area contributed by atoms with E-state index in [9.17, 15) is 0 Å². The maximum absolute atomic E-state index is 6.07. The Hall–Kier alpha value is -3.52. The smallest absolute Gasteiger partial charge is 0.320 e. The van der Waals surface area contributed by atoms with Crippen molar-refractivity contribution in [2.45, 2.75) is 26.2 Å². The van der Waals surface area contributed by atoms with Crippen LogP contribution in [0.2, 0.25) is 0 Å². The molecule has 1 aliphatic heterocycles. The molecule has 1 fully saturated rings. The average molecular weight is 447 g/mol. The highest BCUT2D eigenvalue weighted by Crippen LogP contribution is 2.24. The molecule has 4 rings (SSSR count). The number of nitrogens with zero attached hydrogens (tertiary/aromatic N) is 5. The lowest BCUT2D eigenvalue weighted by Crippen LogP contribution is -2.37. The van der Waals surface area contributed by atoms with E-state index in [1.165, 1.54) is 5.56 Å². The van der Waals surface area contributed by atoms with Gasteiger partial charge in [0, 0.05) is 36.5 Å². The Morgan fingerprint density at radius 1 is 1.12 bits per heavy atom. The van der Waals surface area contributed by atoms with Crippen molar-refractivity contribution in [3.05, 3.63) is 71.5 Å². The molecule has 0 saturated carbocycles. The van der Waals surface area contributed by atoms with Gasteiger partial charge in [-0.3, -0.25) is 10.4 Å². The zero-order valence-electron chi connectivity index (χ0n) is 19.4. The van der Waals surface area contributed by atoms with E-state index < -0.39 is 0 Å². The summed E-state index contributed by atoms with van der Waals surface area (Å²) in [5, 5.41) is 4.36. The Morgan fingerprint density at radius 3 is 2.73 bits per heavy atom. The highest BCUT2D eigenvalue weighted by Gasteiger charge is 2.24. The summed E-state index contributed by atoms with van der Waals surface area (Å²) in [5.74, 6) is 1.35. The molecule has 1 N–H and O–H groups in total. The highest BCUT2D eigenvalue weighted by atomic mass is 16.5. The van der Waals surface area contributed by atoms with Crippen LogP contribution in [0.5, 0.6) is 6.01 Å². The molecule has 0 unspecified atom stereocenters. The van der Waals surface area contributed by atoms with Gasteiger partial charge < -0.3 is 14.4 Å². The second kappa shape index (κ2) is 10.4. The Bertz CT molecular complexity index is 1080. The van der Waals surface area contributed by atoms with Crippen LogP contribution in [0.1, 0.15) is 30.7 Å². The zero-order chi connectivity index (χ0) is 23.1. The zero-order valence-corrected chi connectivity index (χ0v) is 19.4. The van der Waals surface area contributed by atoms with Crippen molar-refractivity contribution in [2.75, 3.05) is 43.2 Å². The molecule has 2 aromatic heterocycles. The molecule has 0 aliphatic carbocycles. The van der Waals surface area contributed by atoms with Gasteiger partial charge in [-0.2, -0.15) is 15.1 Å². The quantitative estimate of drug-likeness (QED) is 0.416. The van der Waals surface area contributed by atoms with Crippen molar-refractivity contribution in [3.63, 3.8) is 0 Å². The van der Waals surface area contributed by atoms with E-state index in [4.69, 9.17) is 9.47 Å². The van der Waals surface area contributed by atoms with E-state index in [-0.39, 0.29) is 5.41 Å². The van der Waals surface area contributed by atoms with Gasteiger partial charge in [0.05, 0.1) is 19.4 Å². The van der Waals surface area contributed by atoms with Gasteiger partial charge >= 0.3 is 6.01 Å². The standard InChI is InChI=1S/C25H30N6O2/c1-19-7-6-8-20(15-19)17-27-30-22-16-23(31-11-13-32-14-12-31)29-24(28-22)33-18-25(2,3)21-9-4-5-10-26-21/h4-10,15-17H,11-14,18H2,1-3H3,(H,28,29,30)/b27-17+. The molecule has 172 valence electrons. The number of nitrogens with one attached hydrogen (secondary N) is 1. The summed E-state index contributed by atoms with van der Waals surface area (Å²) in [7, 11) is 0. The van der Waals surface area contributed by atoms with Crippen LogP contribution in [-0.4, -0.2) is 54.1 Å². The minimum absolute atomic E-state index is 0.295. The first-order valence-electron chi connectivity index (χ1n) is 11.1. The maximum atomic E-state index is 6.07. The molecule has 8 nitrogen and oxygen atoms in total. The van der Waals surface area contributed by atoms with Crippen molar-refractivity contribution >= 4 is 17.9 Å². The Balaban J connectivity index is 1.52.